The van der Waals surface area contributed by atoms with E-state index < -0.39 is 0 Å². The van der Waals surface area contributed by atoms with Crippen LogP contribution in [0.4, 0.5) is 5.69 Å². The Kier molecular flexibility index (Phi) is 5.41. The van der Waals surface area contributed by atoms with E-state index >= 15 is 0 Å². The molecule has 0 saturated carbocycles. The van der Waals surface area contributed by atoms with Gasteiger partial charge in [-0.25, -0.2) is 4.99 Å². The van der Waals surface area contributed by atoms with Crippen LogP contribution < -0.4 is 5.32 Å². The van der Waals surface area contributed by atoms with E-state index in [4.69, 9.17) is 0 Å². The zero-order valence-corrected chi connectivity index (χ0v) is 17.6. The van der Waals surface area contributed by atoms with Gasteiger partial charge in [-0.3, -0.25) is 4.79 Å². The van der Waals surface area contributed by atoms with Crippen LogP contribution in [0.2, 0.25) is 0 Å². The van der Waals surface area contributed by atoms with E-state index in [0.29, 0.717) is 10.1 Å². The third kappa shape index (κ3) is 4.35. The van der Waals surface area contributed by atoms with E-state index in [9.17, 15) is 4.79 Å². The van der Waals surface area contributed by atoms with Crippen molar-refractivity contribution in [3.05, 3.63) is 93.6 Å². The number of thioether (sulfide) groups is 1. The predicted octanol–water partition coefficient (Wildman–Crippen LogP) is 5.35. The number of benzene rings is 2. The third-order valence-corrected chi connectivity index (χ3v) is 5.91. The van der Waals surface area contributed by atoms with Crippen LogP contribution in [0.25, 0.3) is 6.08 Å². The average molecular weight is 402 g/mol. The normalized spacial score (nSPS) is 16.6. The Labute approximate surface area is 175 Å². The Hall–Kier alpha value is -3.05. The van der Waals surface area contributed by atoms with Crippen LogP contribution in [0, 0.1) is 20.8 Å². The second kappa shape index (κ2) is 8.13. The fourth-order valence-corrected chi connectivity index (χ4v) is 4.17. The van der Waals surface area contributed by atoms with Gasteiger partial charge in [0, 0.05) is 17.9 Å². The highest BCUT2D eigenvalue weighted by atomic mass is 32.2. The molecule has 2 heterocycles. The van der Waals surface area contributed by atoms with Crippen molar-refractivity contribution in [3.8, 4) is 0 Å². The highest BCUT2D eigenvalue weighted by Gasteiger charge is 2.24. The smallest absolute Gasteiger partial charge is 0.264 e. The number of carbonyl (C=O) groups excluding carboxylic acids is 1. The van der Waals surface area contributed by atoms with Crippen molar-refractivity contribution in [1.82, 2.24) is 9.88 Å². The van der Waals surface area contributed by atoms with Crippen LogP contribution in [0.15, 0.2) is 70.6 Å². The molecule has 1 aliphatic heterocycles. The summed E-state index contributed by atoms with van der Waals surface area (Å²) in [4.78, 5) is 17.6. The van der Waals surface area contributed by atoms with Gasteiger partial charge in [-0.05, 0) is 67.9 Å². The van der Waals surface area contributed by atoms with Crippen LogP contribution in [-0.4, -0.2) is 15.6 Å². The number of nitrogens with zero attached hydrogens (tertiary/aromatic N) is 2. The molecule has 0 bridgehead atoms. The number of nitrogens with one attached hydrogen (secondary N) is 1. The number of rotatable bonds is 4. The van der Waals surface area contributed by atoms with Gasteiger partial charge in [0.15, 0.2) is 5.17 Å². The van der Waals surface area contributed by atoms with E-state index in [1.807, 2.05) is 43.3 Å². The molecule has 1 aliphatic rings. The van der Waals surface area contributed by atoms with Gasteiger partial charge in [0.25, 0.3) is 5.91 Å². The lowest BCUT2D eigenvalue weighted by Gasteiger charge is -2.09. The zero-order chi connectivity index (χ0) is 20.4. The van der Waals surface area contributed by atoms with Crippen molar-refractivity contribution in [2.24, 2.45) is 4.99 Å². The van der Waals surface area contributed by atoms with Gasteiger partial charge in [-0.15, -0.1) is 0 Å². The second-order valence-corrected chi connectivity index (χ2v) is 8.25. The molecule has 0 spiro atoms. The molecule has 0 radical (unpaired) electrons. The van der Waals surface area contributed by atoms with Gasteiger partial charge in [0.1, 0.15) is 0 Å². The van der Waals surface area contributed by atoms with Crippen molar-refractivity contribution >= 4 is 34.6 Å². The highest BCUT2D eigenvalue weighted by molar-refractivity contribution is 8.18. The molecular weight excluding hydrogens is 378 g/mol. The molecule has 5 heteroatoms. The first kappa shape index (κ1) is 19.3. The summed E-state index contributed by atoms with van der Waals surface area (Å²) < 4.78 is 2.28. The van der Waals surface area contributed by atoms with Crippen molar-refractivity contribution in [2.45, 2.75) is 27.3 Å². The number of hydrogen-bond donors (Lipinski definition) is 1. The van der Waals surface area contributed by atoms with Crippen LogP contribution in [-0.2, 0) is 11.3 Å². The number of carbonyl (C=O) groups is 1. The Bertz CT molecular complexity index is 1110. The molecule has 146 valence electrons. The fraction of sp³-hybridized carbons (Fsp3) is 0.167. The van der Waals surface area contributed by atoms with Crippen molar-refractivity contribution in [2.75, 3.05) is 0 Å². The summed E-state index contributed by atoms with van der Waals surface area (Å²) in [6.45, 7) is 7.06. The Balaban J connectivity index is 1.57. The first-order valence-electron chi connectivity index (χ1n) is 9.56. The van der Waals surface area contributed by atoms with Crippen molar-refractivity contribution < 1.29 is 4.79 Å². The molecule has 1 N–H and O–H groups in total. The molecule has 29 heavy (non-hydrogen) atoms. The SMILES string of the molecule is Cc1ccc(N=C2NC(=O)/C(=C\c3cc(C)n(Cc4ccccc4)c3C)S2)cc1. The Morgan fingerprint density at radius 3 is 2.48 bits per heavy atom. The monoisotopic (exact) mass is 401 g/mol. The number of aryl methyl sites for hydroxylation is 2. The topological polar surface area (TPSA) is 46.4 Å². The van der Waals surface area contributed by atoms with Gasteiger partial charge in [-0.2, -0.15) is 0 Å². The minimum Gasteiger partial charge on any atom is -0.344 e. The summed E-state index contributed by atoms with van der Waals surface area (Å²) in [5.74, 6) is -0.103. The largest absolute Gasteiger partial charge is 0.344 e. The molecule has 0 aliphatic carbocycles. The summed E-state index contributed by atoms with van der Waals surface area (Å²) in [5, 5.41) is 3.48. The van der Waals surface area contributed by atoms with E-state index in [-0.39, 0.29) is 5.91 Å². The summed E-state index contributed by atoms with van der Waals surface area (Å²) in [7, 11) is 0. The van der Waals surface area contributed by atoms with Gasteiger partial charge in [-0.1, -0.05) is 48.0 Å². The first-order chi connectivity index (χ1) is 14.0. The molecule has 1 amide bonds. The number of aliphatic imine (C=N–C) groups is 1. The number of amidine groups is 1. The van der Waals surface area contributed by atoms with E-state index in [1.165, 1.54) is 28.6 Å². The molecular formula is C24H23N3OS. The number of aromatic nitrogens is 1. The quantitative estimate of drug-likeness (QED) is 0.599. The molecule has 4 nitrogen and oxygen atoms in total. The molecule has 4 rings (SSSR count). The molecule has 1 fully saturated rings. The Morgan fingerprint density at radius 1 is 1.03 bits per heavy atom. The van der Waals surface area contributed by atoms with Gasteiger partial charge < -0.3 is 9.88 Å². The summed E-state index contributed by atoms with van der Waals surface area (Å²) >= 11 is 1.38. The predicted molar refractivity (Wildman–Crippen MR) is 121 cm³/mol. The zero-order valence-electron chi connectivity index (χ0n) is 16.8. The Morgan fingerprint density at radius 2 is 1.76 bits per heavy atom. The molecule has 0 unspecified atom stereocenters. The maximum absolute atomic E-state index is 12.4. The number of amides is 1. The molecule has 1 saturated heterocycles. The minimum atomic E-state index is -0.103. The molecule has 3 aromatic rings. The standard InChI is InChI=1S/C24H23N3OS/c1-16-9-11-21(12-10-16)25-24-26-23(28)22(29-24)14-20-13-17(2)27(18(20)3)15-19-7-5-4-6-8-19/h4-14H,15H2,1-3H3,(H,25,26,28)/b22-14+. The third-order valence-electron chi connectivity index (χ3n) is 5.00. The van der Waals surface area contributed by atoms with Crippen LogP contribution in [0.3, 0.4) is 0 Å². The van der Waals surface area contributed by atoms with Gasteiger partial charge >= 0.3 is 0 Å². The number of hydrogen-bond acceptors (Lipinski definition) is 3. The highest BCUT2D eigenvalue weighted by Crippen LogP contribution is 2.30. The van der Waals surface area contributed by atoms with E-state index in [0.717, 1.165) is 23.5 Å². The van der Waals surface area contributed by atoms with E-state index in [1.54, 1.807) is 0 Å². The van der Waals surface area contributed by atoms with Gasteiger partial charge in [0.2, 0.25) is 0 Å². The van der Waals surface area contributed by atoms with Crippen molar-refractivity contribution in [1.29, 1.82) is 0 Å². The maximum Gasteiger partial charge on any atom is 0.264 e. The van der Waals surface area contributed by atoms with E-state index in [2.05, 4.69) is 59.1 Å². The van der Waals surface area contributed by atoms with Gasteiger partial charge in [0.05, 0.1) is 10.6 Å². The maximum atomic E-state index is 12.4. The lowest BCUT2D eigenvalue weighted by molar-refractivity contribution is -0.115. The van der Waals surface area contributed by atoms with Crippen LogP contribution >= 0.6 is 11.8 Å². The first-order valence-corrected chi connectivity index (χ1v) is 10.4. The lowest BCUT2D eigenvalue weighted by Crippen LogP contribution is -2.19. The molecule has 2 aromatic carbocycles. The summed E-state index contributed by atoms with van der Waals surface area (Å²) in [6, 6.07) is 20.5. The average Bonchev–Trinajstić information content (AvgIpc) is 3.18. The fourth-order valence-electron chi connectivity index (χ4n) is 3.34. The van der Waals surface area contributed by atoms with Crippen molar-refractivity contribution in [3.63, 3.8) is 0 Å². The summed E-state index contributed by atoms with van der Waals surface area (Å²) in [5.41, 5.74) is 6.66. The molecule has 1 aromatic heterocycles. The van der Waals surface area contributed by atoms with Crippen LogP contribution in [0.5, 0.6) is 0 Å². The minimum absolute atomic E-state index is 0.103. The molecule has 0 atom stereocenters. The second-order valence-electron chi connectivity index (χ2n) is 7.22. The van der Waals surface area contributed by atoms with Crippen LogP contribution in [0.1, 0.15) is 28.1 Å². The summed E-state index contributed by atoms with van der Waals surface area (Å²) in [6.07, 6.45) is 1.96. The lowest BCUT2D eigenvalue weighted by atomic mass is 10.2.